The number of methoxy groups -OCH3 is 1. The van der Waals surface area contributed by atoms with Crippen LogP contribution in [0.4, 0.5) is 11.4 Å². The molecular formula is C30H39N7O3. The van der Waals surface area contributed by atoms with Crippen LogP contribution >= 0.6 is 0 Å². The van der Waals surface area contributed by atoms with Crippen LogP contribution in [0.2, 0.25) is 0 Å². The molecule has 1 aromatic heterocycles. The fraction of sp³-hybridized carbons (Fsp3) is 0.433. The summed E-state index contributed by atoms with van der Waals surface area (Å²) >= 11 is 0. The molecule has 40 heavy (non-hydrogen) atoms. The summed E-state index contributed by atoms with van der Waals surface area (Å²) in [6.07, 6.45) is 0.995. The van der Waals surface area contributed by atoms with Crippen molar-refractivity contribution in [3.63, 3.8) is 0 Å². The van der Waals surface area contributed by atoms with Gasteiger partial charge in [-0.05, 0) is 82.1 Å². The molecule has 2 aromatic carbocycles. The second-order valence-corrected chi connectivity index (χ2v) is 9.80. The van der Waals surface area contributed by atoms with E-state index in [0.29, 0.717) is 43.4 Å². The molecule has 1 amide bonds. The smallest absolute Gasteiger partial charge is 0.220 e. The van der Waals surface area contributed by atoms with Crippen molar-refractivity contribution in [3.8, 4) is 11.5 Å². The van der Waals surface area contributed by atoms with Gasteiger partial charge in [-0.2, -0.15) is 5.10 Å². The second-order valence-electron chi connectivity index (χ2n) is 9.80. The summed E-state index contributed by atoms with van der Waals surface area (Å²) in [7, 11) is 1.63. The van der Waals surface area contributed by atoms with Gasteiger partial charge >= 0.3 is 0 Å². The maximum absolute atomic E-state index is 12.4. The van der Waals surface area contributed by atoms with Crippen molar-refractivity contribution in [1.29, 1.82) is 0 Å². The average Bonchev–Trinajstić information content (AvgIpc) is 3.49. The molecule has 1 N–H and O–H groups in total. The van der Waals surface area contributed by atoms with E-state index in [1.807, 2.05) is 44.2 Å². The van der Waals surface area contributed by atoms with Gasteiger partial charge in [0.1, 0.15) is 17.2 Å². The Morgan fingerprint density at radius 3 is 2.50 bits per heavy atom. The third-order valence-corrected chi connectivity index (χ3v) is 6.87. The minimum atomic E-state index is -0.0792. The van der Waals surface area contributed by atoms with Crippen molar-refractivity contribution in [2.45, 2.75) is 53.4 Å². The maximum atomic E-state index is 12.4. The number of rotatable bonds is 13. The number of aliphatic imine (C=N–C) groups is 1. The molecule has 0 saturated carbocycles. The monoisotopic (exact) mass is 545 g/mol. The number of nitrogens with zero attached hydrogens (tertiary/aromatic N) is 6. The first kappa shape index (κ1) is 28.8. The molecule has 4 rings (SSSR count). The summed E-state index contributed by atoms with van der Waals surface area (Å²) < 4.78 is 10.8. The van der Waals surface area contributed by atoms with Crippen LogP contribution in [0.5, 0.6) is 11.5 Å². The molecule has 1 aliphatic rings. The van der Waals surface area contributed by atoms with E-state index in [-0.39, 0.29) is 11.8 Å². The Hall–Kier alpha value is -4.21. The Morgan fingerprint density at radius 2 is 1.82 bits per heavy atom. The zero-order chi connectivity index (χ0) is 28.6. The first-order valence-electron chi connectivity index (χ1n) is 13.8. The number of amides is 1. The largest absolute Gasteiger partial charge is 0.497 e. The van der Waals surface area contributed by atoms with Crippen LogP contribution in [0.1, 0.15) is 63.7 Å². The summed E-state index contributed by atoms with van der Waals surface area (Å²) in [6.45, 7) is 13.1. The number of hydrogen-bond acceptors (Lipinski definition) is 8. The van der Waals surface area contributed by atoms with Crippen LogP contribution in [0, 0.1) is 6.92 Å². The molecule has 10 nitrogen and oxygen atoms in total. The van der Waals surface area contributed by atoms with Crippen molar-refractivity contribution >= 4 is 28.7 Å². The highest BCUT2D eigenvalue weighted by molar-refractivity contribution is 6.48. The van der Waals surface area contributed by atoms with Crippen LogP contribution < -0.4 is 19.7 Å². The number of nitrogens with one attached hydrogen (secondary N) is 1. The van der Waals surface area contributed by atoms with Crippen molar-refractivity contribution in [1.82, 2.24) is 20.2 Å². The number of aryl methyl sites for hydroxylation is 1. The van der Waals surface area contributed by atoms with Crippen molar-refractivity contribution < 1.29 is 14.3 Å². The van der Waals surface area contributed by atoms with E-state index in [1.165, 1.54) is 10.5 Å². The van der Waals surface area contributed by atoms with E-state index >= 15 is 0 Å². The molecule has 1 aliphatic heterocycles. The minimum absolute atomic E-state index is 0.0309. The van der Waals surface area contributed by atoms with Crippen molar-refractivity contribution in [2.24, 2.45) is 10.1 Å². The minimum Gasteiger partial charge on any atom is -0.497 e. The molecule has 1 atom stereocenters. The average molecular weight is 546 g/mol. The van der Waals surface area contributed by atoms with Crippen LogP contribution in [0.3, 0.4) is 0 Å². The van der Waals surface area contributed by atoms with Gasteiger partial charge in [-0.15, -0.1) is 9.89 Å². The third kappa shape index (κ3) is 6.86. The van der Waals surface area contributed by atoms with Crippen molar-refractivity contribution in [2.75, 3.05) is 38.3 Å². The normalized spacial score (nSPS) is 14.1. The van der Waals surface area contributed by atoms with E-state index in [2.05, 4.69) is 53.3 Å². The topological polar surface area (TPSA) is 106 Å². The van der Waals surface area contributed by atoms with E-state index in [0.717, 1.165) is 41.6 Å². The predicted molar refractivity (Wildman–Crippen MR) is 159 cm³/mol. The number of aromatic nitrogens is 3. The van der Waals surface area contributed by atoms with Gasteiger partial charge < -0.3 is 19.7 Å². The third-order valence-electron chi connectivity index (χ3n) is 6.87. The number of fused-ring (bicyclic) bond motifs is 1. The molecule has 0 spiro atoms. The highest BCUT2D eigenvalue weighted by Gasteiger charge is 2.26. The Kier molecular flexibility index (Phi) is 9.52. The van der Waals surface area contributed by atoms with Crippen LogP contribution in [0.25, 0.3) is 0 Å². The maximum Gasteiger partial charge on any atom is 0.220 e. The SMILES string of the molecule is CCN(CC)c1ccc(N=C2C(C)=Nn3nc(C(C)CNC(=O)CCCOc4ccc(OC)cc4)nc32)c(C)c1. The molecule has 0 aliphatic carbocycles. The molecule has 0 saturated heterocycles. The molecule has 2 heterocycles. The van der Waals surface area contributed by atoms with Gasteiger partial charge in [-0.25, -0.2) is 9.98 Å². The van der Waals surface area contributed by atoms with Gasteiger partial charge in [-0.1, -0.05) is 6.92 Å². The lowest BCUT2D eigenvalue weighted by molar-refractivity contribution is -0.121. The Labute approximate surface area is 236 Å². The zero-order valence-corrected chi connectivity index (χ0v) is 24.3. The van der Waals surface area contributed by atoms with Gasteiger partial charge in [0.2, 0.25) is 11.7 Å². The van der Waals surface area contributed by atoms with E-state index in [4.69, 9.17) is 19.5 Å². The van der Waals surface area contributed by atoms with Crippen LogP contribution in [0.15, 0.2) is 52.6 Å². The number of hydrogen-bond donors (Lipinski definition) is 1. The Bertz CT molecular complexity index is 1370. The quantitative estimate of drug-likeness (QED) is 0.307. The molecule has 0 fully saturated rings. The predicted octanol–water partition coefficient (Wildman–Crippen LogP) is 4.88. The molecular weight excluding hydrogens is 506 g/mol. The number of ether oxygens (including phenoxy) is 2. The fourth-order valence-electron chi connectivity index (χ4n) is 4.44. The van der Waals surface area contributed by atoms with Gasteiger partial charge in [-0.3, -0.25) is 4.79 Å². The summed E-state index contributed by atoms with van der Waals surface area (Å²) in [6, 6.07) is 13.7. The zero-order valence-electron chi connectivity index (χ0n) is 24.3. The van der Waals surface area contributed by atoms with Crippen LogP contribution in [-0.4, -0.2) is 65.6 Å². The molecule has 0 radical (unpaired) electrons. The van der Waals surface area contributed by atoms with Crippen molar-refractivity contribution in [3.05, 3.63) is 59.7 Å². The number of anilines is 1. The van der Waals surface area contributed by atoms with Gasteiger partial charge in [0.25, 0.3) is 0 Å². The summed E-state index contributed by atoms with van der Waals surface area (Å²) in [5, 5.41) is 12.1. The number of carbonyl (C=O) groups excluding carboxylic acids is 1. The Morgan fingerprint density at radius 1 is 1.10 bits per heavy atom. The van der Waals surface area contributed by atoms with Gasteiger partial charge in [0, 0.05) is 37.7 Å². The number of benzene rings is 2. The highest BCUT2D eigenvalue weighted by Crippen LogP contribution is 2.27. The van der Waals surface area contributed by atoms with E-state index < -0.39 is 0 Å². The Balaban J connectivity index is 1.31. The molecule has 1 unspecified atom stereocenters. The van der Waals surface area contributed by atoms with Gasteiger partial charge in [0.05, 0.1) is 25.1 Å². The van der Waals surface area contributed by atoms with E-state index in [1.54, 1.807) is 7.11 Å². The summed E-state index contributed by atoms with van der Waals surface area (Å²) in [4.78, 5) is 25.9. The molecule has 3 aromatic rings. The fourth-order valence-corrected chi connectivity index (χ4v) is 4.44. The highest BCUT2D eigenvalue weighted by atomic mass is 16.5. The molecule has 0 bridgehead atoms. The summed E-state index contributed by atoms with van der Waals surface area (Å²) in [5.41, 5.74) is 4.65. The standard InChI is InChI=1S/C30H39N7O3/c1-7-36(8-2)23-11-16-26(20(3)18-23)32-28-22(5)34-37-30(28)33-29(35-37)21(4)19-31-27(38)10-9-17-40-25-14-12-24(39-6)13-15-25/h11-16,18,21H,7-10,17,19H2,1-6H3,(H,31,38). The number of carbonyl (C=O) groups is 1. The lowest BCUT2D eigenvalue weighted by Gasteiger charge is -2.21. The van der Waals surface area contributed by atoms with Crippen LogP contribution in [-0.2, 0) is 4.79 Å². The second kappa shape index (κ2) is 13.2. The van der Waals surface area contributed by atoms with E-state index in [9.17, 15) is 4.79 Å². The first-order chi connectivity index (χ1) is 19.3. The summed E-state index contributed by atoms with van der Waals surface area (Å²) in [5.74, 6) is 2.66. The molecule has 212 valence electrons. The lowest BCUT2D eigenvalue weighted by atomic mass is 10.1. The first-order valence-corrected chi connectivity index (χ1v) is 13.8. The molecule has 10 heteroatoms. The lowest BCUT2D eigenvalue weighted by Crippen LogP contribution is -2.28. The van der Waals surface area contributed by atoms with Gasteiger partial charge in [0.15, 0.2) is 5.82 Å².